The molecule has 0 aliphatic carbocycles. The van der Waals surface area contributed by atoms with Gasteiger partial charge in [-0.05, 0) is 24.9 Å². The number of nitrogens with zero attached hydrogens (tertiary/aromatic N) is 2. The first-order valence-electron chi connectivity index (χ1n) is 5.91. The summed E-state index contributed by atoms with van der Waals surface area (Å²) >= 11 is 0. The van der Waals surface area contributed by atoms with Crippen molar-refractivity contribution in [2.24, 2.45) is 5.10 Å². The zero-order chi connectivity index (χ0) is 14.0. The Morgan fingerprint density at radius 2 is 2.21 bits per heavy atom. The number of hydrazone groups is 1. The molecule has 0 unspecified atom stereocenters. The molecule has 0 bridgehead atoms. The van der Waals surface area contributed by atoms with Gasteiger partial charge in [-0.15, -0.1) is 0 Å². The van der Waals surface area contributed by atoms with Crippen molar-refractivity contribution >= 4 is 28.8 Å². The maximum Gasteiger partial charge on any atom is 0.484 e. The van der Waals surface area contributed by atoms with Crippen LogP contribution in [0.3, 0.4) is 0 Å². The molecule has 1 heterocycles. The van der Waals surface area contributed by atoms with Crippen molar-refractivity contribution < 1.29 is 13.4 Å². The van der Waals surface area contributed by atoms with Gasteiger partial charge in [0.15, 0.2) is 0 Å². The van der Waals surface area contributed by atoms with Gasteiger partial charge in [-0.1, -0.05) is 35.9 Å². The average molecular weight is 278 g/mol. The molecule has 0 atom stereocenters. The minimum atomic E-state index is -3.65. The van der Waals surface area contributed by atoms with Gasteiger partial charge in [0.1, 0.15) is 0 Å². The first kappa shape index (κ1) is 13.8. The van der Waals surface area contributed by atoms with Crippen LogP contribution in [-0.2, 0) is 10.0 Å². The molecular formula is C12H15BN2O3S. The van der Waals surface area contributed by atoms with Crippen LogP contribution in [0.25, 0.3) is 0 Å². The average Bonchev–Trinajstić information content (AvgIpc) is 2.36. The topological polar surface area (TPSA) is 70.0 Å². The summed E-state index contributed by atoms with van der Waals surface area (Å²) in [5, 5.41) is 14.0. The first-order valence-corrected chi connectivity index (χ1v) is 7.52. The highest BCUT2D eigenvalue weighted by atomic mass is 32.2. The van der Waals surface area contributed by atoms with Gasteiger partial charge >= 0.3 is 7.05 Å². The van der Waals surface area contributed by atoms with E-state index in [2.05, 4.69) is 5.10 Å². The van der Waals surface area contributed by atoms with Crippen molar-refractivity contribution in [2.75, 3.05) is 5.75 Å². The van der Waals surface area contributed by atoms with Gasteiger partial charge in [-0.25, -0.2) is 12.7 Å². The van der Waals surface area contributed by atoms with Crippen molar-refractivity contribution in [3.05, 3.63) is 41.5 Å². The van der Waals surface area contributed by atoms with Gasteiger partial charge in [0.25, 0.3) is 0 Å². The van der Waals surface area contributed by atoms with Crippen molar-refractivity contribution in [3.8, 4) is 0 Å². The van der Waals surface area contributed by atoms with Crippen molar-refractivity contribution in [3.63, 3.8) is 0 Å². The van der Waals surface area contributed by atoms with E-state index in [4.69, 9.17) is 0 Å². The molecular weight excluding hydrogens is 263 g/mol. The van der Waals surface area contributed by atoms with Gasteiger partial charge in [-0.3, -0.25) is 0 Å². The molecule has 1 N–H and O–H groups in total. The number of hydrogen-bond donors (Lipinski definition) is 1. The number of sulfonamides is 1. The fourth-order valence-corrected chi connectivity index (χ4v) is 3.06. The molecule has 1 aromatic carbocycles. The van der Waals surface area contributed by atoms with Crippen molar-refractivity contribution in [1.82, 2.24) is 4.33 Å². The molecule has 0 saturated carbocycles. The Morgan fingerprint density at radius 1 is 1.47 bits per heavy atom. The van der Waals surface area contributed by atoms with Crippen LogP contribution in [0.1, 0.15) is 18.1 Å². The highest BCUT2D eigenvalue weighted by Crippen LogP contribution is 2.12. The predicted octanol–water partition coefficient (Wildman–Crippen LogP) is 0.238. The third-order valence-electron chi connectivity index (χ3n) is 2.87. The summed E-state index contributed by atoms with van der Waals surface area (Å²) in [4.78, 5) is 0. The van der Waals surface area contributed by atoms with E-state index in [1.165, 1.54) is 12.3 Å². The summed E-state index contributed by atoms with van der Waals surface area (Å²) < 4.78 is 24.8. The SMILES string of the molecule is CC=CCS(=O)(=O)N1N=Cc2cc(C)ccc2B1O. The molecule has 100 valence electrons. The van der Waals surface area contributed by atoms with E-state index in [9.17, 15) is 13.4 Å². The van der Waals surface area contributed by atoms with E-state index in [1.54, 1.807) is 19.1 Å². The molecule has 5 nitrogen and oxygen atoms in total. The van der Waals surface area contributed by atoms with E-state index in [0.717, 1.165) is 15.5 Å². The fraction of sp³-hybridized carbons (Fsp3) is 0.250. The number of aryl methyl sites for hydroxylation is 1. The van der Waals surface area contributed by atoms with E-state index >= 15 is 0 Å². The summed E-state index contributed by atoms with van der Waals surface area (Å²) in [6.07, 6.45) is 4.62. The molecule has 2 rings (SSSR count). The molecule has 0 fully saturated rings. The molecule has 1 aromatic rings. The van der Waals surface area contributed by atoms with Gasteiger partial charge in [0.05, 0.1) is 12.0 Å². The van der Waals surface area contributed by atoms with E-state index < -0.39 is 17.1 Å². The summed E-state index contributed by atoms with van der Waals surface area (Å²) in [7, 11) is -4.92. The van der Waals surface area contributed by atoms with Gasteiger partial charge in [-0.2, -0.15) is 5.10 Å². The molecule has 1 aliphatic rings. The van der Waals surface area contributed by atoms with Crippen LogP contribution in [0.4, 0.5) is 0 Å². The Morgan fingerprint density at radius 3 is 2.89 bits per heavy atom. The zero-order valence-corrected chi connectivity index (χ0v) is 11.6. The molecule has 0 radical (unpaired) electrons. The number of fused-ring (bicyclic) bond motifs is 1. The van der Waals surface area contributed by atoms with Crippen LogP contribution in [0.5, 0.6) is 0 Å². The van der Waals surface area contributed by atoms with Crippen LogP contribution >= 0.6 is 0 Å². The lowest BCUT2D eigenvalue weighted by atomic mass is 9.71. The fourth-order valence-electron chi connectivity index (χ4n) is 1.86. The van der Waals surface area contributed by atoms with Crippen molar-refractivity contribution in [2.45, 2.75) is 13.8 Å². The minimum absolute atomic E-state index is 0.181. The number of allylic oxidation sites excluding steroid dienone is 1. The van der Waals surface area contributed by atoms with Gasteiger partial charge < -0.3 is 5.02 Å². The van der Waals surface area contributed by atoms with E-state index in [1.807, 2.05) is 19.1 Å². The summed E-state index contributed by atoms with van der Waals surface area (Å²) in [6.45, 7) is 3.67. The lowest BCUT2D eigenvalue weighted by Crippen LogP contribution is -2.52. The third-order valence-corrected chi connectivity index (χ3v) is 4.35. The molecule has 0 spiro atoms. The maximum absolute atomic E-state index is 12.0. The van der Waals surface area contributed by atoms with Crippen LogP contribution in [0.15, 0.2) is 35.5 Å². The van der Waals surface area contributed by atoms with Gasteiger partial charge in [0, 0.05) is 0 Å². The zero-order valence-electron chi connectivity index (χ0n) is 10.8. The Kier molecular flexibility index (Phi) is 3.77. The summed E-state index contributed by atoms with van der Waals surface area (Å²) in [5.41, 5.74) is 2.32. The molecule has 0 saturated heterocycles. The molecule has 0 aromatic heterocycles. The lowest BCUT2D eigenvalue weighted by molar-refractivity contribution is 0.477. The number of hydrogen-bond acceptors (Lipinski definition) is 4. The Bertz CT molecular complexity index is 640. The van der Waals surface area contributed by atoms with Crippen LogP contribution in [-0.4, -0.2) is 36.8 Å². The van der Waals surface area contributed by atoms with Gasteiger partial charge in [0.2, 0.25) is 10.0 Å². The monoisotopic (exact) mass is 278 g/mol. The second-order valence-electron chi connectivity index (χ2n) is 4.37. The minimum Gasteiger partial charge on any atom is -0.427 e. The van der Waals surface area contributed by atoms with E-state index in [0.29, 0.717) is 5.46 Å². The highest BCUT2D eigenvalue weighted by Gasteiger charge is 2.36. The van der Waals surface area contributed by atoms with Crippen LogP contribution < -0.4 is 5.46 Å². The summed E-state index contributed by atoms with van der Waals surface area (Å²) in [6, 6.07) is 5.41. The van der Waals surface area contributed by atoms with Crippen LogP contribution in [0, 0.1) is 6.92 Å². The van der Waals surface area contributed by atoms with Crippen LogP contribution in [0.2, 0.25) is 0 Å². The Hall–Kier alpha value is -1.60. The summed E-state index contributed by atoms with van der Waals surface area (Å²) in [5.74, 6) is -0.181. The quantitative estimate of drug-likeness (QED) is 0.636. The second kappa shape index (κ2) is 5.18. The van der Waals surface area contributed by atoms with Crippen molar-refractivity contribution in [1.29, 1.82) is 0 Å². The third kappa shape index (κ3) is 2.72. The second-order valence-corrected chi connectivity index (χ2v) is 6.24. The predicted molar refractivity (Wildman–Crippen MR) is 76.8 cm³/mol. The molecule has 0 amide bonds. The largest absolute Gasteiger partial charge is 0.484 e. The normalized spacial score (nSPS) is 15.1. The van der Waals surface area contributed by atoms with E-state index in [-0.39, 0.29) is 5.75 Å². The molecule has 19 heavy (non-hydrogen) atoms. The first-order chi connectivity index (χ1) is 8.95. The number of benzene rings is 1. The number of rotatable bonds is 3. The Balaban J connectivity index is 2.37. The standard InChI is InChI=1S/C12H15BN2O3S/c1-3-4-7-19(17,18)15-13(16)12-6-5-10(2)8-11(12)9-14-15/h3-6,8-9,16H,7H2,1-2H3. The highest BCUT2D eigenvalue weighted by molar-refractivity contribution is 7.90. The lowest BCUT2D eigenvalue weighted by Gasteiger charge is -2.25. The Labute approximate surface area is 113 Å². The smallest absolute Gasteiger partial charge is 0.427 e. The maximum atomic E-state index is 12.0. The molecule has 1 aliphatic heterocycles. The molecule has 7 heteroatoms.